The fourth-order valence-corrected chi connectivity index (χ4v) is 2.34. The van der Waals surface area contributed by atoms with Gasteiger partial charge in [0, 0.05) is 18.8 Å². The number of nitrogens with zero attached hydrogens (tertiary/aromatic N) is 3. The summed E-state index contributed by atoms with van der Waals surface area (Å²) in [6, 6.07) is 12.1. The standard InChI is InChI=1S/C13H10BrN3/c1-17-10-7-8-15-12(14)11(10)16-13(17)9-5-3-2-4-6-9/h2-8H,1H3. The molecule has 0 aliphatic rings. The second kappa shape index (κ2) is 3.96. The summed E-state index contributed by atoms with van der Waals surface area (Å²) < 4.78 is 2.87. The van der Waals surface area contributed by atoms with Crippen LogP contribution >= 0.6 is 15.9 Å². The summed E-state index contributed by atoms with van der Waals surface area (Å²) in [7, 11) is 2.02. The van der Waals surface area contributed by atoms with Crippen molar-refractivity contribution in [3.63, 3.8) is 0 Å². The molecule has 17 heavy (non-hydrogen) atoms. The Morgan fingerprint density at radius 3 is 2.59 bits per heavy atom. The number of hydrogen-bond donors (Lipinski definition) is 0. The molecule has 4 heteroatoms. The highest BCUT2D eigenvalue weighted by Crippen LogP contribution is 2.26. The van der Waals surface area contributed by atoms with Gasteiger partial charge < -0.3 is 4.57 Å². The molecular formula is C13H10BrN3. The van der Waals surface area contributed by atoms with Crippen molar-refractivity contribution in [1.82, 2.24) is 14.5 Å². The zero-order valence-corrected chi connectivity index (χ0v) is 10.8. The third kappa shape index (κ3) is 1.65. The number of rotatable bonds is 1. The molecule has 84 valence electrons. The van der Waals surface area contributed by atoms with E-state index in [0.717, 1.165) is 27.0 Å². The predicted molar refractivity (Wildman–Crippen MR) is 71.6 cm³/mol. The summed E-state index contributed by atoms with van der Waals surface area (Å²) in [4.78, 5) is 8.83. The molecule has 0 amide bonds. The minimum absolute atomic E-state index is 0.785. The number of pyridine rings is 1. The van der Waals surface area contributed by atoms with Crippen molar-refractivity contribution in [1.29, 1.82) is 0 Å². The quantitative estimate of drug-likeness (QED) is 0.642. The Hall–Kier alpha value is -1.68. The number of benzene rings is 1. The lowest BCUT2D eigenvalue weighted by atomic mass is 10.2. The van der Waals surface area contributed by atoms with Gasteiger partial charge in [0.1, 0.15) is 15.9 Å². The summed E-state index contributed by atoms with van der Waals surface area (Å²) in [5.41, 5.74) is 3.08. The van der Waals surface area contributed by atoms with Crippen LogP contribution in [0.25, 0.3) is 22.4 Å². The monoisotopic (exact) mass is 287 g/mol. The van der Waals surface area contributed by atoms with Gasteiger partial charge in [-0.3, -0.25) is 0 Å². The molecule has 0 atom stereocenters. The van der Waals surface area contributed by atoms with E-state index in [1.165, 1.54) is 0 Å². The van der Waals surface area contributed by atoms with Crippen molar-refractivity contribution in [2.75, 3.05) is 0 Å². The van der Waals surface area contributed by atoms with Crippen LogP contribution in [0.5, 0.6) is 0 Å². The van der Waals surface area contributed by atoms with Crippen LogP contribution < -0.4 is 0 Å². The van der Waals surface area contributed by atoms with Gasteiger partial charge in [0.25, 0.3) is 0 Å². The van der Waals surface area contributed by atoms with Gasteiger partial charge in [0.05, 0.1) is 5.52 Å². The number of hydrogen-bond acceptors (Lipinski definition) is 2. The number of aromatic nitrogens is 3. The lowest BCUT2D eigenvalue weighted by Gasteiger charge is -2.01. The van der Waals surface area contributed by atoms with Crippen LogP contribution in [0.2, 0.25) is 0 Å². The van der Waals surface area contributed by atoms with Crippen molar-refractivity contribution in [3.8, 4) is 11.4 Å². The Morgan fingerprint density at radius 1 is 1.12 bits per heavy atom. The molecule has 0 aliphatic carbocycles. The number of imidazole rings is 1. The summed E-state index contributed by atoms with van der Waals surface area (Å²) in [5, 5.41) is 0. The third-order valence-corrected chi connectivity index (χ3v) is 3.37. The predicted octanol–water partition coefficient (Wildman–Crippen LogP) is 3.40. The van der Waals surface area contributed by atoms with Crippen LogP contribution in [0.3, 0.4) is 0 Å². The summed E-state index contributed by atoms with van der Waals surface area (Å²) in [6.07, 6.45) is 1.78. The second-order valence-electron chi connectivity index (χ2n) is 3.83. The Morgan fingerprint density at radius 2 is 1.88 bits per heavy atom. The first-order chi connectivity index (χ1) is 8.27. The van der Waals surface area contributed by atoms with Gasteiger partial charge in [0.15, 0.2) is 0 Å². The minimum Gasteiger partial charge on any atom is -0.327 e. The first-order valence-electron chi connectivity index (χ1n) is 5.30. The SMILES string of the molecule is Cn1c(-c2ccccc2)nc2c(Br)nccc21. The number of fused-ring (bicyclic) bond motifs is 1. The Bertz CT molecular complexity index is 674. The van der Waals surface area contributed by atoms with Gasteiger partial charge in [-0.2, -0.15) is 0 Å². The molecule has 2 aromatic heterocycles. The van der Waals surface area contributed by atoms with Crippen molar-refractivity contribution in [2.24, 2.45) is 7.05 Å². The van der Waals surface area contributed by atoms with Crippen molar-refractivity contribution >= 4 is 27.0 Å². The third-order valence-electron chi connectivity index (χ3n) is 2.79. The maximum atomic E-state index is 4.64. The van der Waals surface area contributed by atoms with Crippen molar-refractivity contribution < 1.29 is 0 Å². The average Bonchev–Trinajstić information content (AvgIpc) is 2.70. The zero-order chi connectivity index (χ0) is 11.8. The Kier molecular flexibility index (Phi) is 2.44. The molecule has 3 aromatic rings. The van der Waals surface area contributed by atoms with Crippen LogP contribution in [0.1, 0.15) is 0 Å². The average molecular weight is 288 g/mol. The molecule has 0 saturated carbocycles. The summed E-state index contributed by atoms with van der Waals surface area (Å²) in [6.45, 7) is 0. The molecule has 0 fully saturated rings. The molecule has 0 bridgehead atoms. The van der Waals surface area contributed by atoms with E-state index >= 15 is 0 Å². The molecule has 0 saturated heterocycles. The van der Waals surface area contributed by atoms with Crippen molar-refractivity contribution in [2.45, 2.75) is 0 Å². The van der Waals surface area contributed by atoms with E-state index in [0.29, 0.717) is 0 Å². The molecule has 0 spiro atoms. The normalized spacial score (nSPS) is 10.9. The van der Waals surface area contributed by atoms with E-state index in [9.17, 15) is 0 Å². The van der Waals surface area contributed by atoms with Crippen LogP contribution in [-0.4, -0.2) is 14.5 Å². The molecule has 3 rings (SSSR count). The van der Waals surface area contributed by atoms with Crippen LogP contribution in [0.4, 0.5) is 0 Å². The van der Waals surface area contributed by atoms with Gasteiger partial charge in [-0.1, -0.05) is 30.3 Å². The number of aryl methyl sites for hydroxylation is 1. The minimum atomic E-state index is 0.785. The molecule has 2 heterocycles. The highest BCUT2D eigenvalue weighted by molar-refractivity contribution is 9.10. The molecule has 0 N–H and O–H groups in total. The van der Waals surface area contributed by atoms with Gasteiger partial charge in [-0.15, -0.1) is 0 Å². The van der Waals surface area contributed by atoms with E-state index in [-0.39, 0.29) is 0 Å². The maximum absolute atomic E-state index is 4.64. The number of halogens is 1. The smallest absolute Gasteiger partial charge is 0.140 e. The first-order valence-corrected chi connectivity index (χ1v) is 6.09. The van der Waals surface area contributed by atoms with E-state index < -0.39 is 0 Å². The fraction of sp³-hybridized carbons (Fsp3) is 0.0769. The highest BCUT2D eigenvalue weighted by atomic mass is 79.9. The first kappa shape index (κ1) is 10.5. The molecule has 1 aromatic carbocycles. The summed E-state index contributed by atoms with van der Waals surface area (Å²) >= 11 is 3.43. The van der Waals surface area contributed by atoms with Gasteiger partial charge in [0.2, 0.25) is 0 Å². The van der Waals surface area contributed by atoms with Crippen molar-refractivity contribution in [3.05, 3.63) is 47.2 Å². The van der Waals surface area contributed by atoms with Crippen LogP contribution in [0, 0.1) is 0 Å². The molecule has 0 aliphatic heterocycles. The van der Waals surface area contributed by atoms with Gasteiger partial charge >= 0.3 is 0 Å². The molecule has 0 radical (unpaired) electrons. The van der Waals surface area contributed by atoms with E-state index in [1.807, 2.05) is 31.3 Å². The fourth-order valence-electron chi connectivity index (χ4n) is 1.93. The highest BCUT2D eigenvalue weighted by Gasteiger charge is 2.11. The molecule has 0 unspecified atom stereocenters. The maximum Gasteiger partial charge on any atom is 0.140 e. The van der Waals surface area contributed by atoms with Crippen LogP contribution in [0.15, 0.2) is 47.2 Å². The zero-order valence-electron chi connectivity index (χ0n) is 9.26. The Labute approximate surface area is 107 Å². The lowest BCUT2D eigenvalue weighted by molar-refractivity contribution is 0.959. The van der Waals surface area contributed by atoms with E-state index in [2.05, 4.69) is 42.6 Å². The van der Waals surface area contributed by atoms with E-state index in [1.54, 1.807) is 6.20 Å². The van der Waals surface area contributed by atoms with Gasteiger partial charge in [-0.25, -0.2) is 9.97 Å². The summed E-state index contributed by atoms with van der Waals surface area (Å²) in [5.74, 6) is 0.953. The largest absolute Gasteiger partial charge is 0.327 e. The van der Waals surface area contributed by atoms with Gasteiger partial charge in [-0.05, 0) is 22.0 Å². The van der Waals surface area contributed by atoms with Crippen LogP contribution in [-0.2, 0) is 7.05 Å². The topological polar surface area (TPSA) is 30.7 Å². The lowest BCUT2D eigenvalue weighted by Crippen LogP contribution is -1.91. The molecular weight excluding hydrogens is 278 g/mol. The second-order valence-corrected chi connectivity index (χ2v) is 4.58. The Balaban J connectivity index is 2.32. The van der Waals surface area contributed by atoms with E-state index in [4.69, 9.17) is 0 Å². The molecule has 3 nitrogen and oxygen atoms in total.